The first-order chi connectivity index (χ1) is 10.1. The highest BCUT2D eigenvalue weighted by Gasteiger charge is 2.23. The molecule has 21 heavy (non-hydrogen) atoms. The summed E-state index contributed by atoms with van der Waals surface area (Å²) in [6.45, 7) is 3.23. The molecule has 2 nitrogen and oxygen atoms in total. The number of hydrogen-bond donors (Lipinski definition) is 0. The van der Waals surface area contributed by atoms with E-state index in [1.807, 2.05) is 0 Å². The third-order valence-corrected chi connectivity index (χ3v) is 4.91. The number of benzene rings is 1. The van der Waals surface area contributed by atoms with Crippen LogP contribution >= 0.6 is 23.2 Å². The highest BCUT2D eigenvalue weighted by atomic mass is 35.5. The van der Waals surface area contributed by atoms with Crippen molar-refractivity contribution in [2.24, 2.45) is 11.8 Å². The quantitative estimate of drug-likeness (QED) is 0.718. The maximum Gasteiger partial charge on any atom is 0.144 e. The molecule has 114 valence electrons. The fourth-order valence-electron chi connectivity index (χ4n) is 3.40. The van der Waals surface area contributed by atoms with Crippen LogP contribution in [0.3, 0.4) is 0 Å². The summed E-state index contributed by atoms with van der Waals surface area (Å²) in [5.41, 5.74) is 1.59. The van der Waals surface area contributed by atoms with E-state index >= 15 is 0 Å². The van der Waals surface area contributed by atoms with E-state index in [1.54, 1.807) is 6.07 Å². The molecule has 5 heteroatoms. The Morgan fingerprint density at radius 2 is 2.19 bits per heavy atom. The molecule has 1 aromatic heterocycles. The Morgan fingerprint density at radius 3 is 2.86 bits per heavy atom. The van der Waals surface area contributed by atoms with Gasteiger partial charge in [-0.25, -0.2) is 9.37 Å². The Balaban J connectivity index is 2.00. The van der Waals surface area contributed by atoms with Crippen molar-refractivity contribution >= 4 is 34.2 Å². The summed E-state index contributed by atoms with van der Waals surface area (Å²) < 4.78 is 15.8. The maximum absolute atomic E-state index is 13.6. The molecule has 1 saturated carbocycles. The molecule has 2 unspecified atom stereocenters. The molecule has 1 heterocycles. The van der Waals surface area contributed by atoms with Crippen molar-refractivity contribution in [1.29, 1.82) is 0 Å². The van der Waals surface area contributed by atoms with Gasteiger partial charge in [-0.1, -0.05) is 24.9 Å². The molecule has 0 spiro atoms. The fourth-order valence-corrected chi connectivity index (χ4v) is 3.73. The zero-order valence-electron chi connectivity index (χ0n) is 12.1. The standard InChI is InChI=1S/C16H19Cl2FN2/c1-10-2-3-11(6-10)9-21-15-7-12(18)13(19)8-14(15)20-16(21)4-5-17/h7-8,10-11H,2-6,9H2,1H3. The monoisotopic (exact) mass is 328 g/mol. The third-order valence-electron chi connectivity index (χ3n) is 4.43. The van der Waals surface area contributed by atoms with Crippen LogP contribution in [0.1, 0.15) is 32.0 Å². The normalized spacial score (nSPS) is 22.3. The topological polar surface area (TPSA) is 17.8 Å². The Kier molecular flexibility index (Phi) is 4.41. The lowest BCUT2D eigenvalue weighted by atomic mass is 10.1. The Labute approximate surface area is 134 Å². The number of imidazole rings is 1. The zero-order chi connectivity index (χ0) is 15.0. The lowest BCUT2D eigenvalue weighted by molar-refractivity contribution is 0.439. The van der Waals surface area contributed by atoms with E-state index in [-0.39, 0.29) is 5.02 Å². The number of fused-ring (bicyclic) bond motifs is 1. The van der Waals surface area contributed by atoms with Crippen molar-refractivity contribution in [3.63, 3.8) is 0 Å². The van der Waals surface area contributed by atoms with Gasteiger partial charge in [0.25, 0.3) is 0 Å². The lowest BCUT2D eigenvalue weighted by Gasteiger charge is -2.14. The third kappa shape index (κ3) is 3.04. The summed E-state index contributed by atoms with van der Waals surface area (Å²) in [6, 6.07) is 3.11. The van der Waals surface area contributed by atoms with Gasteiger partial charge in [0.05, 0.1) is 16.1 Å². The first kappa shape index (κ1) is 15.1. The summed E-state index contributed by atoms with van der Waals surface area (Å²) in [7, 11) is 0. The first-order valence-electron chi connectivity index (χ1n) is 7.48. The van der Waals surface area contributed by atoms with Crippen molar-refractivity contribution in [3.8, 4) is 0 Å². The van der Waals surface area contributed by atoms with E-state index in [2.05, 4.69) is 16.5 Å². The minimum atomic E-state index is -0.416. The summed E-state index contributed by atoms with van der Waals surface area (Å²) in [4.78, 5) is 4.55. The number of nitrogens with zero attached hydrogens (tertiary/aromatic N) is 2. The first-order valence-corrected chi connectivity index (χ1v) is 8.40. The van der Waals surface area contributed by atoms with E-state index in [9.17, 15) is 4.39 Å². The van der Waals surface area contributed by atoms with Gasteiger partial charge in [0, 0.05) is 24.9 Å². The van der Waals surface area contributed by atoms with Crippen LogP contribution in [0.5, 0.6) is 0 Å². The summed E-state index contributed by atoms with van der Waals surface area (Å²) >= 11 is 11.8. The second-order valence-corrected chi connectivity index (χ2v) is 6.90. The van der Waals surface area contributed by atoms with E-state index < -0.39 is 5.82 Å². The van der Waals surface area contributed by atoms with Gasteiger partial charge in [0.2, 0.25) is 0 Å². The van der Waals surface area contributed by atoms with Crippen LogP contribution in [0.25, 0.3) is 11.0 Å². The Bertz CT molecular complexity index is 653. The molecule has 2 aromatic rings. The van der Waals surface area contributed by atoms with E-state index in [1.165, 1.54) is 25.3 Å². The number of aryl methyl sites for hydroxylation is 1. The molecule has 1 aromatic carbocycles. The molecule has 0 N–H and O–H groups in total. The van der Waals surface area contributed by atoms with Crippen molar-refractivity contribution in [1.82, 2.24) is 9.55 Å². The molecule has 0 saturated heterocycles. The van der Waals surface area contributed by atoms with Gasteiger partial charge in [-0.2, -0.15) is 0 Å². The molecule has 1 fully saturated rings. The van der Waals surface area contributed by atoms with Gasteiger partial charge >= 0.3 is 0 Å². The van der Waals surface area contributed by atoms with Crippen LogP contribution in [-0.4, -0.2) is 15.4 Å². The minimum absolute atomic E-state index is 0.154. The molecular formula is C16H19Cl2FN2. The van der Waals surface area contributed by atoms with Gasteiger partial charge in [-0.15, -0.1) is 11.6 Å². The number of aromatic nitrogens is 2. The zero-order valence-corrected chi connectivity index (χ0v) is 13.6. The van der Waals surface area contributed by atoms with Crippen molar-refractivity contribution in [2.45, 2.75) is 39.2 Å². The molecular weight excluding hydrogens is 310 g/mol. The fraction of sp³-hybridized carbons (Fsp3) is 0.562. The van der Waals surface area contributed by atoms with Crippen LogP contribution < -0.4 is 0 Å². The average Bonchev–Trinajstić information content (AvgIpc) is 2.97. The van der Waals surface area contributed by atoms with Crippen LogP contribution in [0, 0.1) is 17.7 Å². The average molecular weight is 329 g/mol. The molecule has 2 atom stereocenters. The predicted octanol–water partition coefficient (Wildman–Crippen LogP) is 5.05. The largest absolute Gasteiger partial charge is 0.328 e. The highest BCUT2D eigenvalue weighted by Crippen LogP contribution is 2.33. The second kappa shape index (κ2) is 6.13. The number of alkyl halides is 1. The Morgan fingerprint density at radius 1 is 1.38 bits per heavy atom. The van der Waals surface area contributed by atoms with Crippen molar-refractivity contribution < 1.29 is 4.39 Å². The number of halogens is 3. The van der Waals surface area contributed by atoms with E-state index in [0.29, 0.717) is 23.7 Å². The molecule has 1 aliphatic carbocycles. The predicted molar refractivity (Wildman–Crippen MR) is 85.6 cm³/mol. The van der Waals surface area contributed by atoms with Crippen LogP contribution in [0.4, 0.5) is 4.39 Å². The molecule has 0 aliphatic heterocycles. The maximum atomic E-state index is 13.6. The number of rotatable bonds is 4. The second-order valence-electron chi connectivity index (χ2n) is 6.12. The van der Waals surface area contributed by atoms with Gasteiger partial charge in [0.1, 0.15) is 11.6 Å². The Hall–Kier alpha value is -0.800. The van der Waals surface area contributed by atoms with E-state index in [4.69, 9.17) is 23.2 Å². The smallest absolute Gasteiger partial charge is 0.144 e. The molecule has 0 bridgehead atoms. The van der Waals surface area contributed by atoms with Crippen LogP contribution in [0.15, 0.2) is 12.1 Å². The van der Waals surface area contributed by atoms with Gasteiger partial charge in [0.15, 0.2) is 0 Å². The van der Waals surface area contributed by atoms with Gasteiger partial charge < -0.3 is 4.57 Å². The van der Waals surface area contributed by atoms with Gasteiger partial charge in [-0.05, 0) is 30.7 Å². The van der Waals surface area contributed by atoms with Gasteiger partial charge in [-0.3, -0.25) is 0 Å². The molecule has 0 radical (unpaired) electrons. The summed E-state index contributed by atoms with van der Waals surface area (Å²) in [6.07, 6.45) is 4.47. The molecule has 1 aliphatic rings. The van der Waals surface area contributed by atoms with E-state index in [0.717, 1.165) is 23.8 Å². The SMILES string of the molecule is CC1CCC(Cn2c(CCCl)nc3cc(F)c(Cl)cc32)C1. The molecule has 3 rings (SSSR count). The lowest BCUT2D eigenvalue weighted by Crippen LogP contribution is -2.11. The summed E-state index contributed by atoms with van der Waals surface area (Å²) in [5, 5.41) is 0.154. The molecule has 0 amide bonds. The number of hydrogen-bond acceptors (Lipinski definition) is 1. The highest BCUT2D eigenvalue weighted by molar-refractivity contribution is 6.31. The van der Waals surface area contributed by atoms with Crippen LogP contribution in [0.2, 0.25) is 5.02 Å². The summed E-state index contributed by atoms with van der Waals surface area (Å²) in [5.74, 6) is 2.49. The van der Waals surface area contributed by atoms with Crippen molar-refractivity contribution in [3.05, 3.63) is 28.8 Å². The minimum Gasteiger partial charge on any atom is -0.328 e. The van der Waals surface area contributed by atoms with Crippen molar-refractivity contribution in [2.75, 3.05) is 5.88 Å². The van der Waals surface area contributed by atoms with Crippen LogP contribution in [-0.2, 0) is 13.0 Å².